The molecule has 1 heterocycles. The highest BCUT2D eigenvalue weighted by Gasteiger charge is 2.25. The fraction of sp³-hybridized carbons (Fsp3) is 0.182. The van der Waals surface area contributed by atoms with Gasteiger partial charge in [0.15, 0.2) is 0 Å². The number of benzene rings is 4. The lowest BCUT2D eigenvalue weighted by Crippen LogP contribution is -2.52. The smallest absolute Gasteiger partial charge is 0.243 e. The molecule has 0 spiro atoms. The molecule has 0 fully saturated rings. The Labute approximate surface area is 233 Å². The Morgan fingerprint density at radius 1 is 0.775 bits per heavy atom. The monoisotopic (exact) mass is 531 g/mol. The molecule has 0 aliphatic heterocycles. The molecule has 0 bridgehead atoms. The quantitative estimate of drug-likeness (QED) is 0.214. The van der Waals surface area contributed by atoms with Crippen molar-refractivity contribution in [2.24, 2.45) is 5.73 Å². The first kappa shape index (κ1) is 26.8. The molecule has 5 aromatic rings. The van der Waals surface area contributed by atoms with Gasteiger partial charge in [0.25, 0.3) is 0 Å². The minimum Gasteiger partial charge on any atom is -0.383 e. The molecule has 1 aromatic heterocycles. The summed E-state index contributed by atoms with van der Waals surface area (Å²) in [5.41, 5.74) is 15.1. The van der Waals surface area contributed by atoms with Crippen LogP contribution in [0.3, 0.4) is 0 Å². The van der Waals surface area contributed by atoms with E-state index in [1.807, 2.05) is 103 Å². The SMILES string of the molecule is Nc1nc(CNC(=O)C(Cc2cccc3ccccc23)NC(=O)[C@@H](N)CCc2ccccc2)cc2ccccc12. The fourth-order valence-electron chi connectivity index (χ4n) is 4.95. The van der Waals surface area contributed by atoms with Crippen LogP contribution in [0.2, 0.25) is 0 Å². The van der Waals surface area contributed by atoms with Crippen molar-refractivity contribution in [3.05, 3.63) is 120 Å². The third-order valence-electron chi connectivity index (χ3n) is 7.13. The van der Waals surface area contributed by atoms with Gasteiger partial charge in [-0.2, -0.15) is 0 Å². The number of nitrogens with one attached hydrogen (secondary N) is 2. The number of carbonyl (C=O) groups is 2. The number of hydrogen-bond acceptors (Lipinski definition) is 5. The number of pyridine rings is 1. The largest absolute Gasteiger partial charge is 0.383 e. The van der Waals surface area contributed by atoms with Crippen molar-refractivity contribution in [3.63, 3.8) is 0 Å². The molecule has 0 aliphatic carbocycles. The topological polar surface area (TPSA) is 123 Å². The highest BCUT2D eigenvalue weighted by atomic mass is 16.2. The molecule has 7 heteroatoms. The van der Waals surface area contributed by atoms with E-state index in [0.29, 0.717) is 30.8 Å². The molecule has 40 heavy (non-hydrogen) atoms. The van der Waals surface area contributed by atoms with E-state index in [1.165, 1.54) is 0 Å². The predicted octanol–water partition coefficient (Wildman–Crippen LogP) is 4.27. The second kappa shape index (κ2) is 12.4. The number of fused-ring (bicyclic) bond motifs is 2. The highest BCUT2D eigenvalue weighted by molar-refractivity contribution is 5.92. The van der Waals surface area contributed by atoms with Crippen LogP contribution in [0.15, 0.2) is 103 Å². The van der Waals surface area contributed by atoms with Crippen molar-refractivity contribution in [2.75, 3.05) is 5.73 Å². The first-order valence-corrected chi connectivity index (χ1v) is 13.5. The maximum atomic E-state index is 13.5. The number of amides is 2. The normalized spacial score (nSPS) is 12.6. The van der Waals surface area contributed by atoms with E-state index < -0.39 is 12.1 Å². The summed E-state index contributed by atoms with van der Waals surface area (Å²) in [6, 6.07) is 31.9. The lowest BCUT2D eigenvalue weighted by molar-refractivity contribution is -0.129. The lowest BCUT2D eigenvalue weighted by Gasteiger charge is -2.22. The van der Waals surface area contributed by atoms with Crippen LogP contribution >= 0.6 is 0 Å². The molecule has 2 amide bonds. The van der Waals surface area contributed by atoms with Crippen molar-refractivity contribution in [2.45, 2.75) is 37.9 Å². The molecule has 7 nitrogen and oxygen atoms in total. The van der Waals surface area contributed by atoms with Crippen molar-refractivity contribution >= 4 is 39.2 Å². The van der Waals surface area contributed by atoms with Gasteiger partial charge in [0.2, 0.25) is 11.8 Å². The Kier molecular flexibility index (Phi) is 8.32. The zero-order chi connectivity index (χ0) is 27.9. The Balaban J connectivity index is 1.32. The number of anilines is 1. The average Bonchev–Trinajstić information content (AvgIpc) is 2.99. The van der Waals surface area contributed by atoms with Crippen LogP contribution in [0.25, 0.3) is 21.5 Å². The van der Waals surface area contributed by atoms with E-state index in [0.717, 1.165) is 32.7 Å². The van der Waals surface area contributed by atoms with Crippen molar-refractivity contribution in [3.8, 4) is 0 Å². The minimum absolute atomic E-state index is 0.176. The number of nitrogen functional groups attached to an aromatic ring is 1. The molecule has 0 saturated carbocycles. The molecule has 1 unspecified atom stereocenters. The van der Waals surface area contributed by atoms with E-state index in [4.69, 9.17) is 11.5 Å². The third kappa shape index (κ3) is 6.45. The van der Waals surface area contributed by atoms with Crippen molar-refractivity contribution < 1.29 is 9.59 Å². The Morgan fingerprint density at radius 2 is 1.45 bits per heavy atom. The van der Waals surface area contributed by atoms with Gasteiger partial charge in [0, 0.05) is 11.8 Å². The number of nitrogens with two attached hydrogens (primary N) is 2. The second-order valence-electron chi connectivity index (χ2n) is 9.97. The van der Waals surface area contributed by atoms with Gasteiger partial charge in [-0.1, -0.05) is 97.1 Å². The van der Waals surface area contributed by atoms with Crippen LogP contribution in [-0.4, -0.2) is 28.9 Å². The van der Waals surface area contributed by atoms with Crippen molar-refractivity contribution in [1.82, 2.24) is 15.6 Å². The van der Waals surface area contributed by atoms with Crippen LogP contribution in [-0.2, 0) is 29.0 Å². The Morgan fingerprint density at radius 3 is 2.25 bits per heavy atom. The number of carbonyl (C=O) groups excluding carboxylic acids is 2. The summed E-state index contributed by atoms with van der Waals surface area (Å²) in [4.78, 5) is 31.1. The van der Waals surface area contributed by atoms with E-state index in [2.05, 4.69) is 15.6 Å². The molecule has 2 atom stereocenters. The molecule has 4 aromatic carbocycles. The van der Waals surface area contributed by atoms with Gasteiger partial charge in [0.1, 0.15) is 11.9 Å². The van der Waals surface area contributed by atoms with E-state index >= 15 is 0 Å². The van der Waals surface area contributed by atoms with Crippen molar-refractivity contribution in [1.29, 1.82) is 0 Å². The third-order valence-corrected chi connectivity index (χ3v) is 7.13. The zero-order valence-electron chi connectivity index (χ0n) is 22.2. The van der Waals surface area contributed by atoms with Gasteiger partial charge < -0.3 is 22.1 Å². The van der Waals surface area contributed by atoms with E-state index in [9.17, 15) is 9.59 Å². The molecule has 5 rings (SSSR count). The van der Waals surface area contributed by atoms with Gasteiger partial charge in [-0.15, -0.1) is 0 Å². The van der Waals surface area contributed by atoms with Crippen LogP contribution < -0.4 is 22.1 Å². The average molecular weight is 532 g/mol. The lowest BCUT2D eigenvalue weighted by atomic mass is 9.97. The summed E-state index contributed by atoms with van der Waals surface area (Å²) < 4.78 is 0. The Hall–Kier alpha value is -4.75. The summed E-state index contributed by atoms with van der Waals surface area (Å²) in [6.07, 6.45) is 1.46. The number of hydrogen-bond donors (Lipinski definition) is 4. The number of aryl methyl sites for hydroxylation is 1. The fourth-order valence-corrected chi connectivity index (χ4v) is 4.95. The summed E-state index contributed by atoms with van der Waals surface area (Å²) >= 11 is 0. The first-order valence-electron chi connectivity index (χ1n) is 13.5. The van der Waals surface area contributed by atoms with E-state index in [-0.39, 0.29) is 18.4 Å². The van der Waals surface area contributed by atoms with Crippen LogP contribution in [0.5, 0.6) is 0 Å². The minimum atomic E-state index is -0.820. The standard InChI is InChI=1S/C33H33N5O2/c34-29(18-17-22-9-2-1-3-10-22)32(39)38-30(20-25-14-8-13-23-11-4-6-15-27(23)25)33(40)36-21-26-19-24-12-5-7-16-28(24)31(35)37-26/h1-16,19,29-30H,17-18,20-21,34H2,(H2,35,37)(H,36,40)(H,38,39)/t29-,30?/m0/s1. The maximum Gasteiger partial charge on any atom is 0.243 e. The van der Waals surface area contributed by atoms with Gasteiger partial charge in [0.05, 0.1) is 18.3 Å². The molecule has 6 N–H and O–H groups in total. The first-order chi connectivity index (χ1) is 19.5. The molecular formula is C33H33N5O2. The summed E-state index contributed by atoms with van der Waals surface area (Å²) in [5.74, 6) is -0.262. The van der Waals surface area contributed by atoms with Crippen LogP contribution in [0, 0.1) is 0 Å². The van der Waals surface area contributed by atoms with Gasteiger partial charge >= 0.3 is 0 Å². The summed E-state index contributed by atoms with van der Waals surface area (Å²) in [6.45, 7) is 0.176. The number of rotatable bonds is 10. The maximum absolute atomic E-state index is 13.5. The molecule has 0 aliphatic rings. The second-order valence-corrected chi connectivity index (χ2v) is 9.97. The Bertz CT molecular complexity index is 1630. The molecule has 0 saturated heterocycles. The highest BCUT2D eigenvalue weighted by Crippen LogP contribution is 2.21. The van der Waals surface area contributed by atoms with Crippen LogP contribution in [0.1, 0.15) is 23.2 Å². The molecule has 0 radical (unpaired) electrons. The number of aromatic nitrogens is 1. The van der Waals surface area contributed by atoms with Gasteiger partial charge in [-0.3, -0.25) is 9.59 Å². The van der Waals surface area contributed by atoms with Gasteiger partial charge in [-0.25, -0.2) is 4.98 Å². The summed E-state index contributed by atoms with van der Waals surface area (Å²) in [7, 11) is 0. The van der Waals surface area contributed by atoms with Crippen LogP contribution in [0.4, 0.5) is 5.82 Å². The number of nitrogens with zero attached hydrogens (tertiary/aromatic N) is 1. The molecular weight excluding hydrogens is 498 g/mol. The predicted molar refractivity (Wildman–Crippen MR) is 160 cm³/mol. The zero-order valence-corrected chi connectivity index (χ0v) is 22.2. The molecule has 202 valence electrons. The van der Waals surface area contributed by atoms with Gasteiger partial charge in [-0.05, 0) is 46.2 Å². The van der Waals surface area contributed by atoms with E-state index in [1.54, 1.807) is 0 Å². The summed E-state index contributed by atoms with van der Waals surface area (Å²) in [5, 5.41) is 9.79.